The van der Waals surface area contributed by atoms with Crippen molar-refractivity contribution in [2.45, 2.75) is 38.1 Å². The van der Waals surface area contributed by atoms with Crippen LogP contribution in [0.25, 0.3) is 0 Å². The first kappa shape index (κ1) is 18.2. The summed E-state index contributed by atoms with van der Waals surface area (Å²) in [5, 5.41) is 5.04. The molecule has 0 heterocycles. The fourth-order valence-electron chi connectivity index (χ4n) is 1.73. The van der Waals surface area contributed by atoms with Crippen molar-refractivity contribution in [3.63, 3.8) is 0 Å². The summed E-state index contributed by atoms with van der Waals surface area (Å²) in [4.78, 5) is 23.2. The van der Waals surface area contributed by atoms with E-state index >= 15 is 0 Å². The maximum Gasteiger partial charge on any atom is 0.239 e. The molecule has 0 aliphatic heterocycles. The summed E-state index contributed by atoms with van der Waals surface area (Å²) in [7, 11) is -3.49. The van der Waals surface area contributed by atoms with Crippen molar-refractivity contribution in [2.75, 3.05) is 12.3 Å². The Morgan fingerprint density at radius 1 is 1.09 bits per heavy atom. The third kappa shape index (κ3) is 6.26. The minimum absolute atomic E-state index is 0.00804. The Labute approximate surface area is 131 Å². The average molecular weight is 326 g/mol. The predicted octanol–water partition coefficient (Wildman–Crippen LogP) is 0.800. The average Bonchev–Trinajstić information content (AvgIpc) is 2.43. The third-order valence-electron chi connectivity index (χ3n) is 2.87. The van der Waals surface area contributed by atoms with Crippen LogP contribution in [-0.2, 0) is 19.4 Å². The lowest BCUT2D eigenvalue weighted by atomic mass is 10.2. The molecule has 122 valence electrons. The third-order valence-corrected chi connectivity index (χ3v) is 4.61. The van der Waals surface area contributed by atoms with E-state index in [1.165, 1.54) is 12.1 Å². The van der Waals surface area contributed by atoms with Gasteiger partial charge in [-0.15, -0.1) is 0 Å². The molecule has 0 spiro atoms. The number of hydrogen-bond donors (Lipinski definition) is 2. The lowest BCUT2D eigenvalue weighted by Gasteiger charge is -2.09. The van der Waals surface area contributed by atoms with Crippen LogP contribution < -0.4 is 10.6 Å². The van der Waals surface area contributed by atoms with E-state index in [1.54, 1.807) is 12.1 Å². The molecule has 0 unspecified atom stereocenters. The molecule has 2 amide bonds. The van der Waals surface area contributed by atoms with Crippen LogP contribution in [0.2, 0.25) is 0 Å². The highest BCUT2D eigenvalue weighted by Crippen LogP contribution is 2.12. The van der Waals surface area contributed by atoms with E-state index in [1.807, 2.05) is 20.8 Å². The van der Waals surface area contributed by atoms with Crippen LogP contribution in [0, 0.1) is 6.92 Å². The van der Waals surface area contributed by atoms with E-state index < -0.39 is 15.7 Å². The molecule has 6 nitrogen and oxygen atoms in total. The maximum atomic E-state index is 12.1. The van der Waals surface area contributed by atoms with Crippen LogP contribution in [0.1, 0.15) is 25.8 Å². The monoisotopic (exact) mass is 326 g/mol. The van der Waals surface area contributed by atoms with Crippen molar-refractivity contribution in [1.29, 1.82) is 0 Å². The molecule has 7 heteroatoms. The first-order valence-corrected chi connectivity index (χ1v) is 8.71. The summed E-state index contributed by atoms with van der Waals surface area (Å²) in [5.74, 6) is -1.05. The van der Waals surface area contributed by atoms with E-state index in [0.717, 1.165) is 5.56 Å². The minimum Gasteiger partial charge on any atom is -0.352 e. The van der Waals surface area contributed by atoms with E-state index in [0.29, 0.717) is 0 Å². The smallest absolute Gasteiger partial charge is 0.239 e. The van der Waals surface area contributed by atoms with Crippen LogP contribution in [0.15, 0.2) is 29.2 Å². The van der Waals surface area contributed by atoms with Crippen LogP contribution >= 0.6 is 0 Å². The summed E-state index contributed by atoms with van der Waals surface area (Å²) in [6, 6.07) is 6.47. The lowest BCUT2D eigenvalue weighted by molar-refractivity contribution is -0.126. The SMILES string of the molecule is Cc1ccc(S(=O)(=O)CCC(=O)NCC(=O)NC(C)C)cc1. The van der Waals surface area contributed by atoms with Gasteiger partial charge < -0.3 is 10.6 Å². The summed E-state index contributed by atoms with van der Waals surface area (Å²) in [6.45, 7) is 5.34. The number of rotatable bonds is 7. The van der Waals surface area contributed by atoms with Crippen molar-refractivity contribution in [2.24, 2.45) is 0 Å². The number of aryl methyl sites for hydroxylation is 1. The maximum absolute atomic E-state index is 12.1. The Kier molecular flexibility index (Phi) is 6.55. The fourth-order valence-corrected chi connectivity index (χ4v) is 2.97. The molecule has 0 aliphatic rings. The first-order valence-electron chi connectivity index (χ1n) is 7.06. The number of carbonyl (C=O) groups is 2. The molecule has 0 aliphatic carbocycles. The molecule has 0 bridgehead atoms. The summed E-state index contributed by atoms with van der Waals surface area (Å²) < 4.78 is 24.1. The zero-order chi connectivity index (χ0) is 16.8. The quantitative estimate of drug-likeness (QED) is 0.775. The summed E-state index contributed by atoms with van der Waals surface area (Å²) in [6.07, 6.45) is -0.175. The normalized spacial score (nSPS) is 11.3. The Morgan fingerprint density at radius 3 is 2.23 bits per heavy atom. The van der Waals surface area contributed by atoms with Gasteiger partial charge in [0.25, 0.3) is 0 Å². The molecule has 0 saturated carbocycles. The van der Waals surface area contributed by atoms with Crippen molar-refractivity contribution in [1.82, 2.24) is 10.6 Å². The van der Waals surface area contributed by atoms with Gasteiger partial charge >= 0.3 is 0 Å². The molecule has 0 radical (unpaired) electrons. The van der Waals surface area contributed by atoms with Gasteiger partial charge in [0.1, 0.15) is 0 Å². The van der Waals surface area contributed by atoms with Crippen LogP contribution in [-0.4, -0.2) is 38.6 Å². The van der Waals surface area contributed by atoms with Gasteiger partial charge in [0.15, 0.2) is 9.84 Å². The van der Waals surface area contributed by atoms with Crippen LogP contribution in [0.3, 0.4) is 0 Å². The predicted molar refractivity (Wildman–Crippen MR) is 84.1 cm³/mol. The van der Waals surface area contributed by atoms with Crippen molar-refractivity contribution in [3.8, 4) is 0 Å². The van der Waals surface area contributed by atoms with E-state index in [4.69, 9.17) is 0 Å². The van der Waals surface area contributed by atoms with Gasteiger partial charge in [-0.25, -0.2) is 8.42 Å². The lowest BCUT2D eigenvalue weighted by Crippen LogP contribution is -2.40. The molecule has 0 saturated heterocycles. The zero-order valence-electron chi connectivity index (χ0n) is 13.0. The van der Waals surface area contributed by atoms with Gasteiger partial charge in [0, 0.05) is 12.5 Å². The fraction of sp³-hybridized carbons (Fsp3) is 0.467. The van der Waals surface area contributed by atoms with Gasteiger partial charge in [-0.3, -0.25) is 9.59 Å². The molecule has 1 rings (SSSR count). The van der Waals surface area contributed by atoms with Gasteiger partial charge in [-0.1, -0.05) is 17.7 Å². The molecule has 0 fully saturated rings. The molecule has 22 heavy (non-hydrogen) atoms. The second-order valence-corrected chi connectivity index (χ2v) is 7.49. The van der Waals surface area contributed by atoms with Crippen molar-refractivity contribution >= 4 is 21.7 Å². The summed E-state index contributed by atoms with van der Waals surface area (Å²) in [5.41, 5.74) is 0.966. The van der Waals surface area contributed by atoms with E-state index in [2.05, 4.69) is 10.6 Å². The minimum atomic E-state index is -3.49. The Bertz CT molecular complexity index is 621. The highest BCUT2D eigenvalue weighted by molar-refractivity contribution is 7.91. The zero-order valence-corrected chi connectivity index (χ0v) is 13.9. The van der Waals surface area contributed by atoms with E-state index in [9.17, 15) is 18.0 Å². The Balaban J connectivity index is 2.46. The van der Waals surface area contributed by atoms with Crippen LogP contribution in [0.4, 0.5) is 0 Å². The van der Waals surface area contributed by atoms with Gasteiger partial charge in [0.2, 0.25) is 11.8 Å². The number of nitrogens with one attached hydrogen (secondary N) is 2. The number of amides is 2. The number of sulfone groups is 1. The first-order chi connectivity index (χ1) is 10.2. The van der Waals surface area contributed by atoms with Crippen molar-refractivity contribution < 1.29 is 18.0 Å². The number of hydrogen-bond acceptors (Lipinski definition) is 4. The second kappa shape index (κ2) is 7.93. The molecule has 1 aromatic rings. The Hall–Kier alpha value is -1.89. The van der Waals surface area contributed by atoms with Gasteiger partial charge in [0.05, 0.1) is 17.2 Å². The van der Waals surface area contributed by atoms with E-state index in [-0.39, 0.29) is 35.6 Å². The molecular formula is C15H22N2O4S. The largest absolute Gasteiger partial charge is 0.352 e. The highest BCUT2D eigenvalue weighted by atomic mass is 32.2. The van der Waals surface area contributed by atoms with Gasteiger partial charge in [-0.2, -0.15) is 0 Å². The molecular weight excluding hydrogens is 304 g/mol. The summed E-state index contributed by atoms with van der Waals surface area (Å²) >= 11 is 0. The van der Waals surface area contributed by atoms with Crippen LogP contribution in [0.5, 0.6) is 0 Å². The second-order valence-electron chi connectivity index (χ2n) is 5.38. The molecule has 1 aromatic carbocycles. The van der Waals surface area contributed by atoms with Crippen molar-refractivity contribution in [3.05, 3.63) is 29.8 Å². The topological polar surface area (TPSA) is 92.3 Å². The van der Waals surface area contributed by atoms with Gasteiger partial charge in [-0.05, 0) is 32.9 Å². The Morgan fingerprint density at radius 2 is 1.68 bits per heavy atom. The standard InChI is InChI=1S/C15H22N2O4S/c1-11(2)17-15(19)10-16-14(18)8-9-22(20,21)13-6-4-12(3)5-7-13/h4-7,11H,8-10H2,1-3H3,(H,16,18)(H,17,19). The number of benzene rings is 1. The highest BCUT2D eigenvalue weighted by Gasteiger charge is 2.16. The molecule has 2 N–H and O–H groups in total. The molecule has 0 aromatic heterocycles. The molecule has 0 atom stereocenters. The number of carbonyl (C=O) groups excluding carboxylic acids is 2.